The van der Waals surface area contributed by atoms with E-state index in [4.69, 9.17) is 6.42 Å². The molecule has 0 amide bonds. The molecule has 0 N–H and O–H groups in total. The second-order valence-electron chi connectivity index (χ2n) is 4.90. The molecular weight excluding hydrogens is 258 g/mol. The number of anilines is 2. The van der Waals surface area contributed by atoms with Crippen LogP contribution in [-0.4, -0.2) is 16.5 Å². The highest BCUT2D eigenvalue weighted by atomic mass is 15.2. The Labute approximate surface area is 127 Å². The Balaban J connectivity index is 1.96. The number of terminal acetylenes is 1. The molecule has 3 nitrogen and oxygen atoms in total. The summed E-state index contributed by atoms with van der Waals surface area (Å²) in [7, 11) is 0. The first kappa shape index (κ1) is 15.1. The molecule has 2 heterocycles. The van der Waals surface area contributed by atoms with Crippen LogP contribution in [0.5, 0.6) is 0 Å². The molecule has 2 aromatic rings. The Morgan fingerprint density at radius 1 is 0.857 bits per heavy atom. The topological polar surface area (TPSA) is 29.0 Å². The maximum atomic E-state index is 5.27. The number of nitrogens with zero attached hydrogens (tertiary/aromatic N) is 3. The molecule has 0 aliphatic rings. The normalized spacial score (nSPS) is 10.0. The number of rotatable bonds is 8. The van der Waals surface area contributed by atoms with Crippen LogP contribution < -0.4 is 4.90 Å². The van der Waals surface area contributed by atoms with Crippen LogP contribution in [0.3, 0.4) is 0 Å². The monoisotopic (exact) mass is 279 g/mol. The molecule has 0 fully saturated rings. The molecule has 0 saturated carbocycles. The van der Waals surface area contributed by atoms with Gasteiger partial charge in [0, 0.05) is 25.4 Å². The van der Waals surface area contributed by atoms with Crippen molar-refractivity contribution in [3.63, 3.8) is 0 Å². The standard InChI is InChI=1S/C18H21N3/c1-2-3-4-5-6-11-16-21(17-12-7-9-14-19-17)18-13-8-10-15-20-18/h1,7-10,12-15H,3-6,11,16H2. The molecule has 2 aromatic heterocycles. The molecule has 21 heavy (non-hydrogen) atoms. The van der Waals surface area contributed by atoms with Gasteiger partial charge in [-0.25, -0.2) is 9.97 Å². The lowest BCUT2D eigenvalue weighted by Crippen LogP contribution is -2.20. The van der Waals surface area contributed by atoms with Crippen molar-refractivity contribution < 1.29 is 0 Å². The fraction of sp³-hybridized carbons (Fsp3) is 0.333. The van der Waals surface area contributed by atoms with Gasteiger partial charge < -0.3 is 4.90 Å². The highest BCUT2D eigenvalue weighted by Crippen LogP contribution is 2.21. The molecular formula is C18H21N3. The van der Waals surface area contributed by atoms with Crippen molar-refractivity contribution in [3.05, 3.63) is 48.8 Å². The van der Waals surface area contributed by atoms with Gasteiger partial charge in [-0.15, -0.1) is 12.3 Å². The summed E-state index contributed by atoms with van der Waals surface area (Å²) in [6.45, 7) is 0.921. The molecule has 0 spiro atoms. The first-order valence-electron chi connectivity index (χ1n) is 7.45. The largest absolute Gasteiger partial charge is 0.311 e. The van der Waals surface area contributed by atoms with Crippen LogP contribution in [0.1, 0.15) is 32.1 Å². The first-order valence-corrected chi connectivity index (χ1v) is 7.45. The maximum absolute atomic E-state index is 5.27. The molecule has 0 aromatic carbocycles. The summed E-state index contributed by atoms with van der Waals surface area (Å²) < 4.78 is 0. The maximum Gasteiger partial charge on any atom is 0.134 e. The van der Waals surface area contributed by atoms with Crippen molar-refractivity contribution in [1.82, 2.24) is 9.97 Å². The Morgan fingerprint density at radius 2 is 1.48 bits per heavy atom. The minimum atomic E-state index is 0.879. The summed E-state index contributed by atoms with van der Waals surface area (Å²) in [5, 5.41) is 0. The van der Waals surface area contributed by atoms with Gasteiger partial charge in [0.15, 0.2) is 0 Å². The van der Waals surface area contributed by atoms with E-state index in [-0.39, 0.29) is 0 Å². The van der Waals surface area contributed by atoms with Gasteiger partial charge >= 0.3 is 0 Å². The van der Waals surface area contributed by atoms with E-state index in [0.29, 0.717) is 0 Å². The van der Waals surface area contributed by atoms with Crippen LogP contribution in [0.4, 0.5) is 11.6 Å². The Morgan fingerprint density at radius 3 is 2.00 bits per heavy atom. The highest BCUT2D eigenvalue weighted by Gasteiger charge is 2.10. The van der Waals surface area contributed by atoms with Gasteiger partial charge in [0.25, 0.3) is 0 Å². The minimum Gasteiger partial charge on any atom is -0.311 e. The van der Waals surface area contributed by atoms with E-state index in [1.165, 1.54) is 12.8 Å². The van der Waals surface area contributed by atoms with Crippen molar-refractivity contribution >= 4 is 11.6 Å². The van der Waals surface area contributed by atoms with Gasteiger partial charge in [-0.1, -0.05) is 25.0 Å². The van der Waals surface area contributed by atoms with Gasteiger partial charge in [0.2, 0.25) is 0 Å². The summed E-state index contributed by atoms with van der Waals surface area (Å²) in [5.74, 6) is 4.58. The lowest BCUT2D eigenvalue weighted by Gasteiger charge is -2.22. The predicted octanol–water partition coefficient (Wildman–Crippen LogP) is 4.20. The zero-order chi connectivity index (χ0) is 14.8. The van der Waals surface area contributed by atoms with E-state index in [1.54, 1.807) is 0 Å². The third-order valence-electron chi connectivity index (χ3n) is 3.30. The minimum absolute atomic E-state index is 0.879. The summed E-state index contributed by atoms with van der Waals surface area (Å²) in [5.41, 5.74) is 0. The van der Waals surface area contributed by atoms with Crippen LogP contribution in [0.15, 0.2) is 48.8 Å². The van der Waals surface area contributed by atoms with Crippen molar-refractivity contribution in [1.29, 1.82) is 0 Å². The molecule has 3 heteroatoms. The van der Waals surface area contributed by atoms with E-state index in [1.807, 2.05) is 48.8 Å². The lowest BCUT2D eigenvalue weighted by molar-refractivity contribution is 0.649. The van der Waals surface area contributed by atoms with E-state index >= 15 is 0 Å². The van der Waals surface area contributed by atoms with Crippen molar-refractivity contribution in [3.8, 4) is 12.3 Å². The smallest absolute Gasteiger partial charge is 0.134 e. The Bertz CT molecular complexity index is 506. The number of unbranched alkanes of at least 4 members (excludes halogenated alkanes) is 4. The Kier molecular flexibility index (Phi) is 6.28. The summed E-state index contributed by atoms with van der Waals surface area (Å²) >= 11 is 0. The van der Waals surface area contributed by atoms with Gasteiger partial charge in [-0.05, 0) is 37.1 Å². The number of pyridine rings is 2. The quantitative estimate of drug-likeness (QED) is 0.535. The molecule has 0 saturated heterocycles. The average Bonchev–Trinajstić information content (AvgIpc) is 2.56. The summed E-state index contributed by atoms with van der Waals surface area (Å²) in [6, 6.07) is 11.9. The molecule has 0 unspecified atom stereocenters. The molecule has 0 bridgehead atoms. The van der Waals surface area contributed by atoms with Crippen molar-refractivity contribution in [2.45, 2.75) is 32.1 Å². The number of hydrogen-bond acceptors (Lipinski definition) is 3. The summed E-state index contributed by atoms with van der Waals surface area (Å²) in [4.78, 5) is 11.1. The highest BCUT2D eigenvalue weighted by molar-refractivity contribution is 5.55. The fourth-order valence-corrected chi connectivity index (χ4v) is 2.22. The van der Waals surface area contributed by atoms with Gasteiger partial charge in [0.05, 0.1) is 0 Å². The SMILES string of the molecule is C#CCCCCCCN(c1ccccn1)c1ccccn1. The van der Waals surface area contributed by atoms with Crippen molar-refractivity contribution in [2.75, 3.05) is 11.4 Å². The number of hydrogen-bond donors (Lipinski definition) is 0. The molecule has 0 aliphatic heterocycles. The second-order valence-corrected chi connectivity index (χ2v) is 4.90. The molecule has 0 radical (unpaired) electrons. The second kappa shape index (κ2) is 8.76. The van der Waals surface area contributed by atoms with Crippen LogP contribution in [0.25, 0.3) is 0 Å². The fourth-order valence-electron chi connectivity index (χ4n) is 2.22. The van der Waals surface area contributed by atoms with Crippen LogP contribution in [0, 0.1) is 12.3 Å². The van der Waals surface area contributed by atoms with E-state index in [2.05, 4.69) is 20.8 Å². The van der Waals surface area contributed by atoms with Crippen LogP contribution >= 0.6 is 0 Å². The van der Waals surface area contributed by atoms with Crippen LogP contribution in [-0.2, 0) is 0 Å². The lowest BCUT2D eigenvalue weighted by atomic mass is 10.1. The molecule has 2 rings (SSSR count). The van der Waals surface area contributed by atoms with Crippen LogP contribution in [0.2, 0.25) is 0 Å². The van der Waals surface area contributed by atoms with E-state index < -0.39 is 0 Å². The predicted molar refractivity (Wildman–Crippen MR) is 87.4 cm³/mol. The van der Waals surface area contributed by atoms with Crippen molar-refractivity contribution in [2.24, 2.45) is 0 Å². The van der Waals surface area contributed by atoms with E-state index in [0.717, 1.165) is 37.4 Å². The summed E-state index contributed by atoms with van der Waals surface area (Å²) in [6.07, 6.45) is 14.4. The molecule has 0 atom stereocenters. The molecule has 0 aliphatic carbocycles. The third-order valence-corrected chi connectivity index (χ3v) is 3.30. The Hall–Kier alpha value is -2.34. The first-order chi connectivity index (χ1) is 10.4. The number of aromatic nitrogens is 2. The zero-order valence-corrected chi connectivity index (χ0v) is 12.3. The third kappa shape index (κ3) is 4.92. The van der Waals surface area contributed by atoms with Gasteiger partial charge in [-0.3, -0.25) is 0 Å². The molecule has 108 valence electrons. The van der Waals surface area contributed by atoms with Gasteiger partial charge in [0.1, 0.15) is 11.6 Å². The van der Waals surface area contributed by atoms with E-state index in [9.17, 15) is 0 Å². The zero-order valence-electron chi connectivity index (χ0n) is 12.3. The average molecular weight is 279 g/mol. The van der Waals surface area contributed by atoms with Gasteiger partial charge in [-0.2, -0.15) is 0 Å².